The summed E-state index contributed by atoms with van der Waals surface area (Å²) in [7, 11) is 0. The van der Waals surface area contributed by atoms with Gasteiger partial charge in [-0.25, -0.2) is 9.37 Å². The summed E-state index contributed by atoms with van der Waals surface area (Å²) in [6, 6.07) is 14.7. The molecule has 2 aromatic carbocycles. The van der Waals surface area contributed by atoms with E-state index in [1.807, 2.05) is 41.8 Å². The lowest BCUT2D eigenvalue weighted by atomic mass is 10.1. The van der Waals surface area contributed by atoms with Crippen LogP contribution in [0.5, 0.6) is 0 Å². The molecular formula is C17H16FN3. The van der Waals surface area contributed by atoms with E-state index >= 15 is 0 Å². The number of rotatable bonds is 3. The number of aryl methyl sites for hydroxylation is 1. The van der Waals surface area contributed by atoms with Crippen LogP contribution >= 0.6 is 0 Å². The third-order valence-corrected chi connectivity index (χ3v) is 3.52. The van der Waals surface area contributed by atoms with Gasteiger partial charge >= 0.3 is 0 Å². The van der Waals surface area contributed by atoms with Crippen LogP contribution in [0.25, 0.3) is 11.3 Å². The van der Waals surface area contributed by atoms with Gasteiger partial charge in [0.1, 0.15) is 17.3 Å². The number of hydrogen-bond acceptors (Lipinski definition) is 2. The van der Waals surface area contributed by atoms with Crippen LogP contribution < -0.4 is 5.73 Å². The van der Waals surface area contributed by atoms with E-state index in [-0.39, 0.29) is 5.82 Å². The fourth-order valence-corrected chi connectivity index (χ4v) is 2.40. The topological polar surface area (TPSA) is 43.8 Å². The van der Waals surface area contributed by atoms with Gasteiger partial charge in [0.25, 0.3) is 0 Å². The van der Waals surface area contributed by atoms with Crippen molar-refractivity contribution in [1.82, 2.24) is 9.55 Å². The fraction of sp³-hybridized carbons (Fsp3) is 0.118. The molecule has 3 rings (SSSR count). The Balaban J connectivity index is 1.96. The number of halogens is 1. The lowest BCUT2D eigenvalue weighted by molar-refractivity contribution is 0.627. The molecular weight excluding hydrogens is 265 g/mol. The van der Waals surface area contributed by atoms with Gasteiger partial charge in [-0.15, -0.1) is 0 Å². The Morgan fingerprint density at radius 2 is 1.90 bits per heavy atom. The normalized spacial score (nSPS) is 10.8. The van der Waals surface area contributed by atoms with E-state index in [9.17, 15) is 4.39 Å². The minimum atomic E-state index is -0.251. The number of anilines is 1. The zero-order valence-electron chi connectivity index (χ0n) is 11.8. The van der Waals surface area contributed by atoms with E-state index in [1.165, 1.54) is 12.1 Å². The monoisotopic (exact) mass is 281 g/mol. The number of nitrogen functional groups attached to an aromatic ring is 1. The molecule has 0 saturated heterocycles. The minimum Gasteiger partial charge on any atom is -0.383 e. The predicted octanol–water partition coefficient (Wildman–Crippen LogP) is 3.63. The maximum atomic E-state index is 13.2. The summed E-state index contributed by atoms with van der Waals surface area (Å²) in [6.45, 7) is 2.52. The first-order valence-corrected chi connectivity index (χ1v) is 6.76. The van der Waals surface area contributed by atoms with Crippen molar-refractivity contribution in [2.75, 3.05) is 5.73 Å². The Morgan fingerprint density at radius 3 is 2.62 bits per heavy atom. The first-order chi connectivity index (χ1) is 10.1. The first-order valence-electron chi connectivity index (χ1n) is 6.76. The van der Waals surface area contributed by atoms with Crippen molar-refractivity contribution in [3.05, 3.63) is 71.8 Å². The van der Waals surface area contributed by atoms with Crippen LogP contribution in [0.4, 0.5) is 10.2 Å². The number of nitrogens with zero attached hydrogens (tertiary/aromatic N) is 2. The number of hydrogen-bond donors (Lipinski definition) is 1. The molecule has 1 heterocycles. The van der Waals surface area contributed by atoms with Crippen LogP contribution in [-0.4, -0.2) is 9.55 Å². The smallest absolute Gasteiger partial charge is 0.131 e. The maximum absolute atomic E-state index is 13.2. The Morgan fingerprint density at radius 1 is 1.14 bits per heavy atom. The van der Waals surface area contributed by atoms with Crippen molar-refractivity contribution in [2.24, 2.45) is 0 Å². The van der Waals surface area contributed by atoms with Crippen LogP contribution in [0.3, 0.4) is 0 Å². The number of nitrogens with two attached hydrogens (primary N) is 1. The van der Waals surface area contributed by atoms with Crippen molar-refractivity contribution >= 4 is 5.82 Å². The van der Waals surface area contributed by atoms with Gasteiger partial charge in [0.2, 0.25) is 0 Å². The zero-order valence-corrected chi connectivity index (χ0v) is 11.8. The summed E-state index contributed by atoms with van der Waals surface area (Å²) in [5.41, 5.74) is 9.74. The van der Waals surface area contributed by atoms with E-state index in [4.69, 9.17) is 5.73 Å². The summed E-state index contributed by atoms with van der Waals surface area (Å²) in [5.74, 6) is 0.340. The van der Waals surface area contributed by atoms with E-state index in [1.54, 1.807) is 12.4 Å². The summed E-state index contributed by atoms with van der Waals surface area (Å²) >= 11 is 0. The number of aromatic nitrogens is 2. The predicted molar refractivity (Wildman–Crippen MR) is 82.3 cm³/mol. The molecule has 1 aromatic heterocycles. The molecule has 3 aromatic rings. The van der Waals surface area contributed by atoms with E-state index in [0.717, 1.165) is 16.7 Å². The summed E-state index contributed by atoms with van der Waals surface area (Å²) in [5, 5.41) is 0. The molecule has 21 heavy (non-hydrogen) atoms. The standard InChI is InChI=1S/C17H16FN3/c1-12-9-14(18)7-8-15(12)16-17(19)21(11-20-16)10-13-5-3-2-4-6-13/h2-9,11H,10,19H2,1H3. The highest BCUT2D eigenvalue weighted by molar-refractivity contribution is 5.73. The van der Waals surface area contributed by atoms with Crippen LogP contribution in [0, 0.1) is 12.7 Å². The van der Waals surface area contributed by atoms with Gasteiger partial charge in [-0.05, 0) is 36.2 Å². The van der Waals surface area contributed by atoms with Crippen LogP contribution in [0.15, 0.2) is 54.9 Å². The van der Waals surface area contributed by atoms with Gasteiger partial charge in [0.15, 0.2) is 0 Å². The van der Waals surface area contributed by atoms with Crippen LogP contribution in [-0.2, 0) is 6.54 Å². The molecule has 0 saturated carbocycles. The van der Waals surface area contributed by atoms with Crippen molar-refractivity contribution in [1.29, 1.82) is 0 Å². The highest BCUT2D eigenvalue weighted by Gasteiger charge is 2.12. The Bertz CT molecular complexity index is 763. The van der Waals surface area contributed by atoms with Crippen molar-refractivity contribution < 1.29 is 4.39 Å². The number of imidazole rings is 1. The van der Waals surface area contributed by atoms with Gasteiger partial charge in [-0.3, -0.25) is 0 Å². The Hall–Kier alpha value is -2.62. The molecule has 0 fully saturated rings. The van der Waals surface area contributed by atoms with Crippen molar-refractivity contribution in [3.8, 4) is 11.3 Å². The summed E-state index contributed by atoms with van der Waals surface area (Å²) < 4.78 is 15.1. The third-order valence-electron chi connectivity index (χ3n) is 3.52. The average Bonchev–Trinajstić information content (AvgIpc) is 2.82. The van der Waals surface area contributed by atoms with Crippen molar-refractivity contribution in [2.45, 2.75) is 13.5 Å². The molecule has 4 heteroatoms. The lowest BCUT2D eigenvalue weighted by Gasteiger charge is -2.07. The molecule has 0 unspecified atom stereocenters. The second-order valence-corrected chi connectivity index (χ2v) is 5.05. The number of benzene rings is 2. The molecule has 2 N–H and O–H groups in total. The maximum Gasteiger partial charge on any atom is 0.131 e. The molecule has 3 nitrogen and oxygen atoms in total. The average molecular weight is 281 g/mol. The Labute approximate surface area is 122 Å². The molecule has 0 bridgehead atoms. The second kappa shape index (κ2) is 5.40. The highest BCUT2D eigenvalue weighted by atomic mass is 19.1. The second-order valence-electron chi connectivity index (χ2n) is 5.05. The molecule has 0 atom stereocenters. The molecule has 106 valence electrons. The van der Waals surface area contributed by atoms with E-state index in [0.29, 0.717) is 18.1 Å². The fourth-order valence-electron chi connectivity index (χ4n) is 2.40. The van der Waals surface area contributed by atoms with E-state index < -0.39 is 0 Å². The van der Waals surface area contributed by atoms with E-state index in [2.05, 4.69) is 4.98 Å². The van der Waals surface area contributed by atoms with Gasteiger partial charge in [0, 0.05) is 5.56 Å². The lowest BCUT2D eigenvalue weighted by Crippen LogP contribution is -2.03. The molecule has 0 spiro atoms. The highest BCUT2D eigenvalue weighted by Crippen LogP contribution is 2.28. The zero-order chi connectivity index (χ0) is 14.8. The molecule has 0 aliphatic carbocycles. The van der Waals surface area contributed by atoms with Gasteiger partial charge in [0.05, 0.1) is 12.9 Å². The minimum absolute atomic E-state index is 0.251. The largest absolute Gasteiger partial charge is 0.383 e. The SMILES string of the molecule is Cc1cc(F)ccc1-c1ncn(Cc2ccccc2)c1N. The molecule has 0 aliphatic rings. The Kier molecular flexibility index (Phi) is 3.44. The van der Waals surface area contributed by atoms with Gasteiger partial charge < -0.3 is 10.3 Å². The molecule has 0 radical (unpaired) electrons. The summed E-state index contributed by atoms with van der Waals surface area (Å²) in [4.78, 5) is 4.39. The third kappa shape index (κ3) is 2.65. The van der Waals surface area contributed by atoms with Gasteiger partial charge in [-0.2, -0.15) is 0 Å². The summed E-state index contributed by atoms with van der Waals surface area (Å²) in [6.07, 6.45) is 1.72. The molecule has 0 amide bonds. The van der Waals surface area contributed by atoms with Crippen molar-refractivity contribution in [3.63, 3.8) is 0 Å². The van der Waals surface area contributed by atoms with Crippen LogP contribution in [0.2, 0.25) is 0 Å². The first kappa shape index (κ1) is 13.4. The van der Waals surface area contributed by atoms with Gasteiger partial charge in [-0.1, -0.05) is 30.3 Å². The quantitative estimate of drug-likeness (QED) is 0.796. The molecule has 0 aliphatic heterocycles. The van der Waals surface area contributed by atoms with Crippen LogP contribution in [0.1, 0.15) is 11.1 Å².